The zero-order valence-electron chi connectivity index (χ0n) is 12.0. The zero-order chi connectivity index (χ0) is 15.2. The maximum absolute atomic E-state index is 5.97. The predicted octanol–water partition coefficient (Wildman–Crippen LogP) is 4.41. The van der Waals surface area contributed by atoms with Crippen LogP contribution in [0.4, 0.5) is 0 Å². The topological polar surface area (TPSA) is 30.5 Å². The van der Waals surface area contributed by atoms with Crippen LogP contribution in [-0.2, 0) is 13.2 Å². The summed E-state index contributed by atoms with van der Waals surface area (Å²) >= 11 is 9.52. The summed E-state index contributed by atoms with van der Waals surface area (Å²) in [6, 6.07) is 11.5. The van der Waals surface area contributed by atoms with E-state index in [4.69, 9.17) is 21.1 Å². The molecule has 5 heteroatoms. The van der Waals surface area contributed by atoms with Crippen molar-refractivity contribution in [2.24, 2.45) is 0 Å². The highest BCUT2D eigenvalue weighted by molar-refractivity contribution is 9.10. The van der Waals surface area contributed by atoms with Gasteiger partial charge in [-0.2, -0.15) is 0 Å². The fourth-order valence-electron chi connectivity index (χ4n) is 1.96. The van der Waals surface area contributed by atoms with Gasteiger partial charge >= 0.3 is 0 Å². The Morgan fingerprint density at radius 1 is 1.19 bits per heavy atom. The number of hydrogen-bond acceptors (Lipinski definition) is 3. The van der Waals surface area contributed by atoms with E-state index in [0.717, 1.165) is 22.1 Å². The number of hydrogen-bond donors (Lipinski definition) is 1. The Labute approximate surface area is 138 Å². The lowest BCUT2D eigenvalue weighted by atomic mass is 10.2. The summed E-state index contributed by atoms with van der Waals surface area (Å²) in [6.07, 6.45) is 0. The van der Waals surface area contributed by atoms with Gasteiger partial charge in [0.15, 0.2) is 11.5 Å². The second kappa shape index (κ2) is 7.69. The second-order valence-corrected chi connectivity index (χ2v) is 5.83. The van der Waals surface area contributed by atoms with Gasteiger partial charge in [-0.15, -0.1) is 0 Å². The van der Waals surface area contributed by atoms with Crippen molar-refractivity contribution in [3.8, 4) is 11.5 Å². The van der Waals surface area contributed by atoms with Crippen molar-refractivity contribution in [3.63, 3.8) is 0 Å². The number of methoxy groups -OCH3 is 1. The molecule has 0 aliphatic heterocycles. The molecule has 0 radical (unpaired) electrons. The van der Waals surface area contributed by atoms with Crippen LogP contribution in [-0.4, -0.2) is 14.2 Å². The molecule has 0 atom stereocenters. The van der Waals surface area contributed by atoms with E-state index in [2.05, 4.69) is 21.2 Å². The van der Waals surface area contributed by atoms with Crippen LogP contribution >= 0.6 is 27.5 Å². The Hall–Kier alpha value is -1.23. The number of benzene rings is 2. The molecule has 2 rings (SSSR count). The molecule has 21 heavy (non-hydrogen) atoms. The van der Waals surface area contributed by atoms with Gasteiger partial charge < -0.3 is 14.8 Å². The summed E-state index contributed by atoms with van der Waals surface area (Å²) in [5, 5.41) is 3.82. The van der Waals surface area contributed by atoms with Crippen molar-refractivity contribution in [2.45, 2.75) is 13.2 Å². The molecule has 0 unspecified atom stereocenters. The minimum Gasteiger partial charge on any atom is -0.493 e. The zero-order valence-corrected chi connectivity index (χ0v) is 14.3. The summed E-state index contributed by atoms with van der Waals surface area (Å²) in [6.45, 7) is 1.19. The second-order valence-electron chi connectivity index (χ2n) is 4.54. The molecule has 1 N–H and O–H groups in total. The van der Waals surface area contributed by atoms with Gasteiger partial charge in [-0.05, 0) is 42.4 Å². The summed E-state index contributed by atoms with van der Waals surface area (Å²) in [4.78, 5) is 0. The summed E-state index contributed by atoms with van der Waals surface area (Å²) in [5.41, 5.74) is 2.13. The van der Waals surface area contributed by atoms with Crippen LogP contribution in [0.5, 0.6) is 11.5 Å². The predicted molar refractivity (Wildman–Crippen MR) is 89.2 cm³/mol. The fraction of sp³-hybridized carbons (Fsp3) is 0.250. The molecule has 2 aromatic carbocycles. The number of ether oxygens (including phenoxy) is 2. The van der Waals surface area contributed by atoms with Crippen LogP contribution in [0.15, 0.2) is 40.9 Å². The highest BCUT2D eigenvalue weighted by atomic mass is 79.9. The van der Waals surface area contributed by atoms with Gasteiger partial charge in [-0.1, -0.05) is 39.7 Å². The first-order chi connectivity index (χ1) is 10.1. The van der Waals surface area contributed by atoms with E-state index in [0.29, 0.717) is 23.1 Å². The third kappa shape index (κ3) is 4.37. The molecule has 0 amide bonds. The quantitative estimate of drug-likeness (QED) is 0.817. The number of nitrogens with one attached hydrogen (secondary N) is 1. The van der Waals surface area contributed by atoms with Crippen molar-refractivity contribution in [1.82, 2.24) is 5.32 Å². The van der Waals surface area contributed by atoms with Gasteiger partial charge in [0.2, 0.25) is 0 Å². The largest absolute Gasteiger partial charge is 0.493 e. The van der Waals surface area contributed by atoms with Gasteiger partial charge in [0, 0.05) is 16.0 Å². The Morgan fingerprint density at radius 3 is 2.67 bits per heavy atom. The van der Waals surface area contributed by atoms with Crippen molar-refractivity contribution in [1.29, 1.82) is 0 Å². The molecule has 2 aromatic rings. The average molecular weight is 371 g/mol. The van der Waals surface area contributed by atoms with Crippen molar-refractivity contribution in [2.75, 3.05) is 14.2 Å². The molecule has 0 aliphatic carbocycles. The third-order valence-electron chi connectivity index (χ3n) is 2.98. The van der Waals surface area contributed by atoms with Crippen LogP contribution in [0.25, 0.3) is 0 Å². The monoisotopic (exact) mass is 369 g/mol. The Balaban J connectivity index is 2.17. The lowest BCUT2D eigenvalue weighted by Gasteiger charge is -2.14. The van der Waals surface area contributed by atoms with E-state index in [1.807, 2.05) is 43.4 Å². The van der Waals surface area contributed by atoms with Crippen LogP contribution in [0, 0.1) is 0 Å². The van der Waals surface area contributed by atoms with Crippen LogP contribution in [0.1, 0.15) is 11.1 Å². The molecular weight excluding hydrogens is 354 g/mol. The Morgan fingerprint density at radius 2 is 2.00 bits per heavy atom. The summed E-state index contributed by atoms with van der Waals surface area (Å²) < 4.78 is 12.2. The molecule has 0 saturated heterocycles. The Kier molecular flexibility index (Phi) is 5.91. The molecule has 112 valence electrons. The maximum Gasteiger partial charge on any atom is 0.162 e. The van der Waals surface area contributed by atoms with Crippen molar-refractivity contribution in [3.05, 3.63) is 57.0 Å². The van der Waals surface area contributed by atoms with Crippen molar-refractivity contribution >= 4 is 27.5 Å². The molecule has 0 saturated carbocycles. The molecule has 0 bridgehead atoms. The molecule has 0 spiro atoms. The first kappa shape index (κ1) is 16.1. The first-order valence-corrected chi connectivity index (χ1v) is 7.69. The third-order valence-corrected chi connectivity index (χ3v) is 3.96. The summed E-state index contributed by atoms with van der Waals surface area (Å²) in [5.74, 6) is 1.41. The molecule has 3 nitrogen and oxygen atoms in total. The minimum atomic E-state index is 0.439. The number of rotatable bonds is 6. The fourth-order valence-corrected chi connectivity index (χ4v) is 2.64. The van der Waals surface area contributed by atoms with E-state index < -0.39 is 0 Å². The first-order valence-electron chi connectivity index (χ1n) is 6.52. The molecule has 0 aliphatic rings. The van der Waals surface area contributed by atoms with Crippen LogP contribution in [0.2, 0.25) is 5.02 Å². The molecular formula is C16H17BrClNO2. The maximum atomic E-state index is 5.97. The minimum absolute atomic E-state index is 0.439. The van der Waals surface area contributed by atoms with Gasteiger partial charge in [-0.25, -0.2) is 0 Å². The van der Waals surface area contributed by atoms with Gasteiger partial charge in [-0.3, -0.25) is 0 Å². The van der Waals surface area contributed by atoms with E-state index in [1.54, 1.807) is 7.11 Å². The van der Waals surface area contributed by atoms with E-state index in [-0.39, 0.29) is 0 Å². The lowest BCUT2D eigenvalue weighted by molar-refractivity contribution is 0.284. The van der Waals surface area contributed by atoms with Gasteiger partial charge in [0.05, 0.1) is 7.11 Å². The summed E-state index contributed by atoms with van der Waals surface area (Å²) in [7, 11) is 3.54. The molecule has 0 fully saturated rings. The number of halogens is 2. The SMILES string of the molecule is CNCc1cc(OC)c(OCc2cccc(Cl)c2)cc1Br. The highest BCUT2D eigenvalue weighted by Gasteiger charge is 2.10. The lowest BCUT2D eigenvalue weighted by Crippen LogP contribution is -2.06. The van der Waals surface area contributed by atoms with E-state index in [1.165, 1.54) is 0 Å². The van der Waals surface area contributed by atoms with Crippen LogP contribution < -0.4 is 14.8 Å². The van der Waals surface area contributed by atoms with Gasteiger partial charge in [0.1, 0.15) is 6.61 Å². The van der Waals surface area contributed by atoms with E-state index in [9.17, 15) is 0 Å². The molecule has 0 aromatic heterocycles. The Bertz CT molecular complexity index is 619. The standard InChI is InChI=1S/C16H17BrClNO2/c1-19-9-12-7-15(20-2)16(8-14(12)17)21-10-11-4-3-5-13(18)6-11/h3-8,19H,9-10H2,1-2H3. The molecule has 0 heterocycles. The normalized spacial score (nSPS) is 10.5. The van der Waals surface area contributed by atoms with Crippen molar-refractivity contribution < 1.29 is 9.47 Å². The van der Waals surface area contributed by atoms with Crippen LogP contribution in [0.3, 0.4) is 0 Å². The highest BCUT2D eigenvalue weighted by Crippen LogP contribution is 2.34. The average Bonchev–Trinajstić information content (AvgIpc) is 2.47. The van der Waals surface area contributed by atoms with Gasteiger partial charge in [0.25, 0.3) is 0 Å². The smallest absolute Gasteiger partial charge is 0.162 e. The van der Waals surface area contributed by atoms with E-state index >= 15 is 0 Å².